The van der Waals surface area contributed by atoms with Gasteiger partial charge in [-0.15, -0.1) is 5.16 Å². The van der Waals surface area contributed by atoms with Gasteiger partial charge in [-0.1, -0.05) is 24.3 Å². The van der Waals surface area contributed by atoms with Gasteiger partial charge < -0.3 is 10.3 Å². The van der Waals surface area contributed by atoms with Crippen LogP contribution < -0.4 is 0 Å². The molecule has 0 aromatic heterocycles. The second-order valence-corrected chi connectivity index (χ2v) is 3.32. The SMILES string of the molecule is ON=CCc1cccc2ccc(O)cc12. The van der Waals surface area contributed by atoms with Crippen LogP contribution in [-0.4, -0.2) is 16.5 Å². The van der Waals surface area contributed by atoms with Crippen LogP contribution in [0.1, 0.15) is 5.56 Å². The molecule has 3 heteroatoms. The molecule has 15 heavy (non-hydrogen) atoms. The van der Waals surface area contributed by atoms with E-state index in [2.05, 4.69) is 5.16 Å². The van der Waals surface area contributed by atoms with Gasteiger partial charge in [-0.3, -0.25) is 0 Å². The van der Waals surface area contributed by atoms with E-state index < -0.39 is 0 Å². The second-order valence-electron chi connectivity index (χ2n) is 3.32. The van der Waals surface area contributed by atoms with Crippen LogP contribution in [0.4, 0.5) is 0 Å². The molecular formula is C12H11NO2. The standard InChI is InChI=1S/C12H11NO2/c14-11-5-4-9-2-1-3-10(6-7-13-15)12(9)8-11/h1-5,7-8,14-15H,6H2. The smallest absolute Gasteiger partial charge is 0.116 e. The fraction of sp³-hybridized carbons (Fsp3) is 0.0833. The number of benzene rings is 2. The first-order chi connectivity index (χ1) is 7.31. The predicted octanol–water partition coefficient (Wildman–Crippen LogP) is 2.55. The lowest BCUT2D eigenvalue weighted by Gasteiger charge is -2.04. The Labute approximate surface area is 87.3 Å². The molecule has 0 radical (unpaired) electrons. The molecule has 0 fully saturated rings. The van der Waals surface area contributed by atoms with Crippen LogP contribution in [0.5, 0.6) is 5.75 Å². The highest BCUT2D eigenvalue weighted by Crippen LogP contribution is 2.23. The van der Waals surface area contributed by atoms with Gasteiger partial charge in [-0.2, -0.15) is 0 Å². The van der Waals surface area contributed by atoms with Gasteiger partial charge in [0.25, 0.3) is 0 Å². The molecule has 3 nitrogen and oxygen atoms in total. The minimum Gasteiger partial charge on any atom is -0.508 e. The average Bonchev–Trinajstić information content (AvgIpc) is 2.26. The van der Waals surface area contributed by atoms with Gasteiger partial charge in [-0.05, 0) is 28.5 Å². The molecule has 0 spiro atoms. The summed E-state index contributed by atoms with van der Waals surface area (Å²) in [5.74, 6) is 0.246. The minimum absolute atomic E-state index is 0.246. The monoisotopic (exact) mass is 201 g/mol. The van der Waals surface area contributed by atoms with Crippen molar-refractivity contribution in [3.63, 3.8) is 0 Å². The lowest BCUT2D eigenvalue weighted by atomic mass is 10.0. The average molecular weight is 201 g/mol. The van der Waals surface area contributed by atoms with Gasteiger partial charge in [0.1, 0.15) is 5.75 Å². The Morgan fingerprint density at radius 3 is 2.87 bits per heavy atom. The van der Waals surface area contributed by atoms with Crippen molar-refractivity contribution in [2.24, 2.45) is 5.16 Å². The second kappa shape index (κ2) is 4.00. The molecule has 0 heterocycles. The summed E-state index contributed by atoms with van der Waals surface area (Å²) in [5, 5.41) is 22.8. The zero-order valence-electron chi connectivity index (χ0n) is 8.09. The lowest BCUT2D eigenvalue weighted by molar-refractivity contribution is 0.321. The summed E-state index contributed by atoms with van der Waals surface area (Å²) in [6.07, 6.45) is 1.98. The number of hydrogen-bond donors (Lipinski definition) is 2. The van der Waals surface area contributed by atoms with Gasteiger partial charge in [0.2, 0.25) is 0 Å². The van der Waals surface area contributed by atoms with E-state index in [0.717, 1.165) is 16.3 Å². The molecule has 0 aliphatic heterocycles. The molecule has 0 unspecified atom stereocenters. The van der Waals surface area contributed by atoms with E-state index in [0.29, 0.717) is 6.42 Å². The summed E-state index contributed by atoms with van der Waals surface area (Å²) in [5.41, 5.74) is 1.03. The fourth-order valence-electron chi connectivity index (χ4n) is 1.64. The minimum atomic E-state index is 0.246. The highest BCUT2D eigenvalue weighted by molar-refractivity contribution is 5.88. The van der Waals surface area contributed by atoms with Crippen molar-refractivity contribution in [3.8, 4) is 5.75 Å². The predicted molar refractivity (Wildman–Crippen MR) is 59.6 cm³/mol. The third kappa shape index (κ3) is 1.91. The van der Waals surface area contributed by atoms with Crippen LogP contribution in [0.3, 0.4) is 0 Å². The van der Waals surface area contributed by atoms with Crippen molar-refractivity contribution < 1.29 is 10.3 Å². The molecule has 76 valence electrons. The van der Waals surface area contributed by atoms with Crippen LogP contribution in [0, 0.1) is 0 Å². The van der Waals surface area contributed by atoms with Crippen molar-refractivity contribution in [3.05, 3.63) is 42.0 Å². The van der Waals surface area contributed by atoms with Crippen molar-refractivity contribution >= 4 is 17.0 Å². The number of rotatable bonds is 2. The first kappa shape index (κ1) is 9.52. The Balaban J connectivity index is 2.57. The zero-order valence-corrected chi connectivity index (χ0v) is 8.09. The number of oxime groups is 1. The molecule has 0 bridgehead atoms. The normalized spacial score (nSPS) is 11.2. The van der Waals surface area contributed by atoms with E-state index in [9.17, 15) is 5.11 Å². The molecule has 2 aromatic carbocycles. The van der Waals surface area contributed by atoms with E-state index in [1.54, 1.807) is 12.1 Å². The Kier molecular flexibility index (Phi) is 2.54. The van der Waals surface area contributed by atoms with Gasteiger partial charge in [0, 0.05) is 12.6 Å². The first-order valence-corrected chi connectivity index (χ1v) is 4.68. The summed E-state index contributed by atoms with van der Waals surface area (Å²) in [6, 6.07) is 11.1. The number of aromatic hydroxyl groups is 1. The quantitative estimate of drug-likeness (QED) is 0.445. The number of phenols is 1. The summed E-state index contributed by atoms with van der Waals surface area (Å²) < 4.78 is 0. The molecule has 0 atom stereocenters. The summed E-state index contributed by atoms with van der Waals surface area (Å²) >= 11 is 0. The maximum absolute atomic E-state index is 9.40. The topological polar surface area (TPSA) is 52.8 Å². The summed E-state index contributed by atoms with van der Waals surface area (Å²) in [7, 11) is 0. The Bertz CT molecular complexity index is 506. The Morgan fingerprint density at radius 2 is 2.07 bits per heavy atom. The fourth-order valence-corrected chi connectivity index (χ4v) is 1.64. The molecule has 2 N–H and O–H groups in total. The summed E-state index contributed by atoms with van der Waals surface area (Å²) in [4.78, 5) is 0. The van der Waals surface area contributed by atoms with Crippen LogP contribution in [0.15, 0.2) is 41.6 Å². The van der Waals surface area contributed by atoms with E-state index in [-0.39, 0.29) is 5.75 Å². The number of nitrogens with zero attached hydrogens (tertiary/aromatic N) is 1. The van der Waals surface area contributed by atoms with Crippen LogP contribution in [0.25, 0.3) is 10.8 Å². The largest absolute Gasteiger partial charge is 0.508 e. The highest BCUT2D eigenvalue weighted by Gasteiger charge is 2.00. The van der Waals surface area contributed by atoms with Gasteiger partial charge in [0.05, 0.1) is 0 Å². The molecule has 0 aliphatic rings. The third-order valence-electron chi connectivity index (χ3n) is 2.35. The van der Waals surface area contributed by atoms with Crippen LogP contribution in [0.2, 0.25) is 0 Å². The van der Waals surface area contributed by atoms with Gasteiger partial charge in [-0.25, -0.2) is 0 Å². The molecule has 0 aliphatic carbocycles. The van der Waals surface area contributed by atoms with E-state index in [1.165, 1.54) is 6.21 Å². The van der Waals surface area contributed by atoms with Crippen molar-refractivity contribution in [1.29, 1.82) is 0 Å². The van der Waals surface area contributed by atoms with E-state index >= 15 is 0 Å². The van der Waals surface area contributed by atoms with Crippen LogP contribution >= 0.6 is 0 Å². The van der Waals surface area contributed by atoms with E-state index in [4.69, 9.17) is 5.21 Å². The molecule has 0 amide bonds. The molecule has 2 rings (SSSR count). The van der Waals surface area contributed by atoms with Gasteiger partial charge >= 0.3 is 0 Å². The van der Waals surface area contributed by atoms with Gasteiger partial charge in [0.15, 0.2) is 0 Å². The van der Waals surface area contributed by atoms with E-state index in [1.807, 2.05) is 24.3 Å². The first-order valence-electron chi connectivity index (χ1n) is 4.68. The Morgan fingerprint density at radius 1 is 1.20 bits per heavy atom. The number of hydrogen-bond acceptors (Lipinski definition) is 3. The number of phenolic OH excluding ortho intramolecular Hbond substituents is 1. The number of fused-ring (bicyclic) bond motifs is 1. The molecule has 0 saturated carbocycles. The zero-order chi connectivity index (χ0) is 10.7. The Hall–Kier alpha value is -2.03. The summed E-state index contributed by atoms with van der Waals surface area (Å²) in [6.45, 7) is 0. The van der Waals surface area contributed by atoms with Crippen LogP contribution in [-0.2, 0) is 6.42 Å². The van der Waals surface area contributed by atoms with Crippen molar-refractivity contribution in [1.82, 2.24) is 0 Å². The molecule has 0 saturated heterocycles. The lowest BCUT2D eigenvalue weighted by Crippen LogP contribution is -1.88. The maximum Gasteiger partial charge on any atom is 0.116 e. The third-order valence-corrected chi connectivity index (χ3v) is 2.35. The molecule has 2 aromatic rings. The highest BCUT2D eigenvalue weighted by atomic mass is 16.4. The molecular weight excluding hydrogens is 190 g/mol. The van der Waals surface area contributed by atoms with Crippen molar-refractivity contribution in [2.75, 3.05) is 0 Å². The maximum atomic E-state index is 9.40. The van der Waals surface area contributed by atoms with Crippen molar-refractivity contribution in [2.45, 2.75) is 6.42 Å².